The van der Waals surface area contributed by atoms with E-state index < -0.39 is 11.7 Å². The van der Waals surface area contributed by atoms with Gasteiger partial charge in [-0.1, -0.05) is 13.0 Å². The second-order valence-corrected chi connectivity index (χ2v) is 4.97. The summed E-state index contributed by atoms with van der Waals surface area (Å²) in [7, 11) is 0. The molecule has 0 aliphatic carbocycles. The summed E-state index contributed by atoms with van der Waals surface area (Å²) in [5.41, 5.74) is 1.38. The molecule has 1 N–H and O–H groups in total. The molecule has 0 radical (unpaired) electrons. The highest BCUT2D eigenvalue weighted by Gasteiger charge is 2.34. The third-order valence-corrected chi connectivity index (χ3v) is 3.18. The third-order valence-electron chi connectivity index (χ3n) is 3.18. The first kappa shape index (κ1) is 15.6. The van der Waals surface area contributed by atoms with Crippen molar-refractivity contribution >= 4 is 0 Å². The SMILES string of the molecule is CCNCc1ccc(-n2nc(C)cc2C)c(C(F)(F)F)c1. The van der Waals surface area contributed by atoms with Crippen LogP contribution in [0.3, 0.4) is 0 Å². The Balaban J connectivity index is 2.53. The quantitative estimate of drug-likeness (QED) is 0.934. The molecule has 1 aromatic carbocycles. The van der Waals surface area contributed by atoms with Gasteiger partial charge < -0.3 is 5.32 Å². The molecule has 0 bridgehead atoms. The van der Waals surface area contributed by atoms with E-state index in [9.17, 15) is 13.2 Å². The van der Waals surface area contributed by atoms with E-state index in [2.05, 4.69) is 10.4 Å². The van der Waals surface area contributed by atoms with Crippen molar-refractivity contribution in [3.05, 3.63) is 46.8 Å². The Morgan fingerprint density at radius 3 is 2.43 bits per heavy atom. The number of rotatable bonds is 4. The van der Waals surface area contributed by atoms with Gasteiger partial charge in [-0.05, 0) is 44.2 Å². The van der Waals surface area contributed by atoms with E-state index in [0.717, 1.165) is 0 Å². The molecule has 0 atom stereocenters. The minimum atomic E-state index is -4.41. The van der Waals surface area contributed by atoms with Gasteiger partial charge in [0.1, 0.15) is 0 Å². The lowest BCUT2D eigenvalue weighted by Gasteiger charge is -2.16. The van der Waals surface area contributed by atoms with Gasteiger partial charge in [0.25, 0.3) is 0 Å². The highest BCUT2D eigenvalue weighted by molar-refractivity contribution is 5.46. The molecule has 2 rings (SSSR count). The predicted octanol–water partition coefficient (Wildman–Crippen LogP) is 3.62. The van der Waals surface area contributed by atoms with Crippen LogP contribution in [-0.2, 0) is 12.7 Å². The van der Waals surface area contributed by atoms with Gasteiger partial charge in [-0.2, -0.15) is 18.3 Å². The van der Waals surface area contributed by atoms with Crippen LogP contribution in [0, 0.1) is 13.8 Å². The van der Waals surface area contributed by atoms with Gasteiger partial charge in [0.15, 0.2) is 0 Å². The molecule has 21 heavy (non-hydrogen) atoms. The highest BCUT2D eigenvalue weighted by Crippen LogP contribution is 2.34. The monoisotopic (exact) mass is 297 g/mol. The van der Waals surface area contributed by atoms with Crippen molar-refractivity contribution in [2.45, 2.75) is 33.5 Å². The molecule has 2 aromatic rings. The Morgan fingerprint density at radius 1 is 1.19 bits per heavy atom. The highest BCUT2D eigenvalue weighted by atomic mass is 19.4. The first-order valence-corrected chi connectivity index (χ1v) is 6.77. The molecule has 0 unspecified atom stereocenters. The number of nitrogens with one attached hydrogen (secondary N) is 1. The van der Waals surface area contributed by atoms with E-state index in [4.69, 9.17) is 0 Å². The van der Waals surface area contributed by atoms with Crippen LogP contribution in [0.2, 0.25) is 0 Å². The van der Waals surface area contributed by atoms with Crippen molar-refractivity contribution in [3.63, 3.8) is 0 Å². The van der Waals surface area contributed by atoms with Crippen molar-refractivity contribution in [3.8, 4) is 5.69 Å². The Bertz CT molecular complexity index is 630. The predicted molar refractivity (Wildman–Crippen MR) is 75.4 cm³/mol. The largest absolute Gasteiger partial charge is 0.418 e. The van der Waals surface area contributed by atoms with Crippen molar-refractivity contribution in [1.29, 1.82) is 0 Å². The number of aryl methyl sites for hydroxylation is 2. The fourth-order valence-corrected chi connectivity index (χ4v) is 2.25. The van der Waals surface area contributed by atoms with Crippen LogP contribution in [0.25, 0.3) is 5.69 Å². The number of halogens is 3. The first-order valence-electron chi connectivity index (χ1n) is 6.77. The first-order chi connectivity index (χ1) is 9.82. The van der Waals surface area contributed by atoms with Gasteiger partial charge in [-0.15, -0.1) is 0 Å². The summed E-state index contributed by atoms with van der Waals surface area (Å²) in [5, 5.41) is 7.18. The molecule has 0 aliphatic heterocycles. The molecule has 0 saturated carbocycles. The molecule has 6 heteroatoms. The molecule has 0 saturated heterocycles. The summed E-state index contributed by atoms with van der Waals surface area (Å²) in [4.78, 5) is 0. The van der Waals surface area contributed by atoms with Gasteiger partial charge in [0.05, 0.1) is 16.9 Å². The minimum absolute atomic E-state index is 0.0633. The summed E-state index contributed by atoms with van der Waals surface area (Å²) < 4.78 is 41.3. The van der Waals surface area contributed by atoms with Gasteiger partial charge in [0, 0.05) is 12.2 Å². The zero-order chi connectivity index (χ0) is 15.6. The molecular formula is C15H18F3N3. The zero-order valence-electron chi connectivity index (χ0n) is 12.3. The summed E-state index contributed by atoms with van der Waals surface area (Å²) in [5.74, 6) is 0. The molecule has 0 amide bonds. The lowest BCUT2D eigenvalue weighted by molar-refractivity contribution is -0.137. The lowest BCUT2D eigenvalue weighted by atomic mass is 10.1. The van der Waals surface area contributed by atoms with Gasteiger partial charge >= 0.3 is 6.18 Å². The van der Waals surface area contributed by atoms with Gasteiger partial charge in [-0.25, -0.2) is 4.68 Å². The molecule has 0 spiro atoms. The molecule has 0 aliphatic rings. The molecule has 1 aromatic heterocycles. The second-order valence-electron chi connectivity index (χ2n) is 4.97. The molecular weight excluding hydrogens is 279 g/mol. The maximum atomic E-state index is 13.3. The van der Waals surface area contributed by atoms with Crippen LogP contribution in [0.15, 0.2) is 24.3 Å². The van der Waals surface area contributed by atoms with E-state index in [1.165, 1.54) is 16.8 Å². The van der Waals surface area contributed by atoms with Crippen molar-refractivity contribution in [2.75, 3.05) is 6.54 Å². The van der Waals surface area contributed by atoms with Crippen molar-refractivity contribution in [1.82, 2.24) is 15.1 Å². The average Bonchev–Trinajstić information content (AvgIpc) is 2.74. The normalized spacial score (nSPS) is 11.9. The van der Waals surface area contributed by atoms with E-state index in [-0.39, 0.29) is 5.69 Å². The smallest absolute Gasteiger partial charge is 0.313 e. The van der Waals surface area contributed by atoms with Gasteiger partial charge in [0.2, 0.25) is 0 Å². The van der Waals surface area contributed by atoms with Crippen LogP contribution in [0.4, 0.5) is 13.2 Å². The van der Waals surface area contributed by atoms with E-state index >= 15 is 0 Å². The Labute approximate surface area is 121 Å². The number of nitrogens with zero attached hydrogens (tertiary/aromatic N) is 2. The van der Waals surface area contributed by atoms with Crippen LogP contribution in [0.5, 0.6) is 0 Å². The van der Waals surface area contributed by atoms with E-state index in [0.29, 0.717) is 30.0 Å². The van der Waals surface area contributed by atoms with Crippen LogP contribution in [0.1, 0.15) is 29.4 Å². The van der Waals surface area contributed by atoms with Crippen molar-refractivity contribution in [2.24, 2.45) is 0 Å². The molecule has 0 fully saturated rings. The molecule has 114 valence electrons. The fourth-order valence-electron chi connectivity index (χ4n) is 2.25. The standard InChI is InChI=1S/C15H18F3N3/c1-4-19-9-12-5-6-14(13(8-12)15(16,17)18)21-11(3)7-10(2)20-21/h5-8,19H,4,9H2,1-3H3. The number of hydrogen-bond acceptors (Lipinski definition) is 2. The second kappa shape index (κ2) is 5.89. The average molecular weight is 297 g/mol. The number of alkyl halides is 3. The van der Waals surface area contributed by atoms with E-state index in [1.807, 2.05) is 6.92 Å². The lowest BCUT2D eigenvalue weighted by Crippen LogP contribution is -2.16. The van der Waals surface area contributed by atoms with E-state index in [1.54, 1.807) is 26.0 Å². The maximum absolute atomic E-state index is 13.3. The maximum Gasteiger partial charge on any atom is 0.418 e. The number of hydrogen-bond donors (Lipinski definition) is 1. The van der Waals surface area contributed by atoms with Crippen LogP contribution in [-0.4, -0.2) is 16.3 Å². The van der Waals surface area contributed by atoms with Crippen LogP contribution < -0.4 is 5.32 Å². The Kier molecular flexibility index (Phi) is 4.37. The number of aromatic nitrogens is 2. The summed E-state index contributed by atoms with van der Waals surface area (Å²) in [6, 6.07) is 6.12. The summed E-state index contributed by atoms with van der Waals surface area (Å²) in [6.07, 6.45) is -4.41. The Hall–Kier alpha value is -1.82. The third kappa shape index (κ3) is 3.44. The topological polar surface area (TPSA) is 29.9 Å². The minimum Gasteiger partial charge on any atom is -0.313 e. The zero-order valence-corrected chi connectivity index (χ0v) is 12.3. The summed E-state index contributed by atoms with van der Waals surface area (Å²) in [6.45, 7) is 6.54. The molecule has 1 heterocycles. The Morgan fingerprint density at radius 2 is 1.90 bits per heavy atom. The van der Waals surface area contributed by atoms with Gasteiger partial charge in [-0.3, -0.25) is 0 Å². The molecule has 3 nitrogen and oxygen atoms in total. The fraction of sp³-hybridized carbons (Fsp3) is 0.400. The number of benzene rings is 1. The van der Waals surface area contributed by atoms with Crippen LogP contribution >= 0.6 is 0 Å². The summed E-state index contributed by atoms with van der Waals surface area (Å²) >= 11 is 0. The van der Waals surface area contributed by atoms with Crippen molar-refractivity contribution < 1.29 is 13.2 Å².